The summed E-state index contributed by atoms with van der Waals surface area (Å²) in [6.45, 7) is 6.16. The Morgan fingerprint density at radius 2 is 2.55 bits per heavy atom. The van der Waals surface area contributed by atoms with Gasteiger partial charge in [-0.1, -0.05) is 18.2 Å². The summed E-state index contributed by atoms with van der Waals surface area (Å²) in [5.41, 5.74) is 2.47. The summed E-state index contributed by atoms with van der Waals surface area (Å²) < 4.78 is 0. The SMILES string of the molecule is C=C(CO)[C@@H]1CC=C(C)CC1. The molecule has 62 valence electrons. The minimum Gasteiger partial charge on any atom is -0.392 e. The van der Waals surface area contributed by atoms with Crippen LogP contribution >= 0.6 is 0 Å². The quantitative estimate of drug-likeness (QED) is 0.602. The molecule has 0 unspecified atom stereocenters. The Balaban J connectivity index is 2.47. The second kappa shape index (κ2) is 3.72. The maximum Gasteiger partial charge on any atom is 0.0641 e. The van der Waals surface area contributed by atoms with E-state index in [4.69, 9.17) is 5.11 Å². The third kappa shape index (κ3) is 2.19. The Hall–Kier alpha value is -0.560. The van der Waals surface area contributed by atoms with E-state index < -0.39 is 0 Å². The average molecular weight is 152 g/mol. The molecule has 11 heavy (non-hydrogen) atoms. The summed E-state index contributed by atoms with van der Waals surface area (Å²) in [5.74, 6) is 0.531. The van der Waals surface area contributed by atoms with E-state index in [1.165, 1.54) is 18.4 Å². The summed E-state index contributed by atoms with van der Waals surface area (Å²) in [7, 11) is 0. The minimum atomic E-state index is 0.150. The molecule has 1 N–H and O–H groups in total. The average Bonchev–Trinajstić information content (AvgIpc) is 2.05. The van der Waals surface area contributed by atoms with E-state index in [9.17, 15) is 0 Å². The molecule has 0 bridgehead atoms. The lowest BCUT2D eigenvalue weighted by Crippen LogP contribution is -2.09. The fraction of sp³-hybridized carbons (Fsp3) is 0.600. The van der Waals surface area contributed by atoms with Gasteiger partial charge < -0.3 is 5.11 Å². The van der Waals surface area contributed by atoms with Gasteiger partial charge in [0.1, 0.15) is 0 Å². The van der Waals surface area contributed by atoms with Gasteiger partial charge in [0.25, 0.3) is 0 Å². The lowest BCUT2D eigenvalue weighted by molar-refractivity contribution is 0.309. The van der Waals surface area contributed by atoms with Crippen LogP contribution in [0.2, 0.25) is 0 Å². The van der Waals surface area contributed by atoms with Crippen LogP contribution in [-0.4, -0.2) is 11.7 Å². The van der Waals surface area contributed by atoms with Crippen molar-refractivity contribution in [2.75, 3.05) is 6.61 Å². The monoisotopic (exact) mass is 152 g/mol. The molecule has 1 nitrogen and oxygen atoms in total. The Morgan fingerprint density at radius 3 is 3.00 bits per heavy atom. The van der Waals surface area contributed by atoms with Gasteiger partial charge in [0, 0.05) is 0 Å². The number of hydrogen-bond acceptors (Lipinski definition) is 1. The van der Waals surface area contributed by atoms with E-state index in [0.717, 1.165) is 12.0 Å². The Kier molecular flexibility index (Phi) is 2.89. The summed E-state index contributed by atoms with van der Waals surface area (Å²) in [6.07, 6.45) is 5.67. The maximum atomic E-state index is 8.83. The first kappa shape index (κ1) is 8.54. The lowest BCUT2D eigenvalue weighted by atomic mass is 9.86. The van der Waals surface area contributed by atoms with E-state index in [-0.39, 0.29) is 6.61 Å². The molecule has 0 aromatic heterocycles. The van der Waals surface area contributed by atoms with Crippen molar-refractivity contribution in [3.05, 3.63) is 23.8 Å². The molecule has 0 fully saturated rings. The molecule has 0 aromatic carbocycles. The molecule has 0 saturated carbocycles. The standard InChI is InChI=1S/C10H16O/c1-8-3-5-10(6-4-8)9(2)7-11/h3,10-11H,2,4-7H2,1H3/t10-/m1/s1. The van der Waals surface area contributed by atoms with E-state index in [2.05, 4.69) is 19.6 Å². The summed E-state index contributed by atoms with van der Waals surface area (Å²) in [4.78, 5) is 0. The second-order valence-electron chi connectivity index (χ2n) is 3.34. The smallest absolute Gasteiger partial charge is 0.0641 e. The molecule has 0 radical (unpaired) electrons. The van der Waals surface area contributed by atoms with Gasteiger partial charge in [-0.15, -0.1) is 0 Å². The van der Waals surface area contributed by atoms with Crippen molar-refractivity contribution in [2.24, 2.45) is 5.92 Å². The van der Waals surface area contributed by atoms with Gasteiger partial charge in [-0.3, -0.25) is 0 Å². The third-order valence-corrected chi connectivity index (χ3v) is 2.42. The highest BCUT2D eigenvalue weighted by atomic mass is 16.3. The number of rotatable bonds is 2. The zero-order valence-corrected chi connectivity index (χ0v) is 7.14. The lowest BCUT2D eigenvalue weighted by Gasteiger charge is -2.21. The number of allylic oxidation sites excluding steroid dienone is 2. The topological polar surface area (TPSA) is 20.2 Å². The van der Waals surface area contributed by atoms with E-state index in [0.29, 0.717) is 5.92 Å². The predicted molar refractivity (Wildman–Crippen MR) is 47.3 cm³/mol. The molecule has 1 rings (SSSR count). The maximum absolute atomic E-state index is 8.83. The second-order valence-corrected chi connectivity index (χ2v) is 3.34. The van der Waals surface area contributed by atoms with Gasteiger partial charge in [-0.2, -0.15) is 0 Å². The summed E-state index contributed by atoms with van der Waals surface area (Å²) in [5, 5.41) is 8.83. The van der Waals surface area contributed by atoms with Crippen molar-refractivity contribution in [1.29, 1.82) is 0 Å². The van der Waals surface area contributed by atoms with Crippen molar-refractivity contribution in [2.45, 2.75) is 26.2 Å². The van der Waals surface area contributed by atoms with Gasteiger partial charge >= 0.3 is 0 Å². The molecule has 1 aliphatic rings. The first-order valence-electron chi connectivity index (χ1n) is 4.18. The predicted octanol–water partition coefficient (Wildman–Crippen LogP) is 2.28. The molecule has 1 heteroatoms. The molecule has 0 aromatic rings. The fourth-order valence-corrected chi connectivity index (χ4v) is 1.47. The van der Waals surface area contributed by atoms with Crippen LogP contribution in [0.1, 0.15) is 26.2 Å². The normalized spacial score (nSPS) is 24.5. The molecule has 0 heterocycles. The van der Waals surface area contributed by atoms with Crippen molar-refractivity contribution in [3.63, 3.8) is 0 Å². The van der Waals surface area contributed by atoms with Crippen LogP contribution in [0.5, 0.6) is 0 Å². The van der Waals surface area contributed by atoms with Crippen LogP contribution in [0.4, 0.5) is 0 Å². The largest absolute Gasteiger partial charge is 0.392 e. The van der Waals surface area contributed by atoms with E-state index in [1.807, 2.05) is 0 Å². The van der Waals surface area contributed by atoms with Gasteiger partial charge in [0.15, 0.2) is 0 Å². The van der Waals surface area contributed by atoms with Gasteiger partial charge in [0.05, 0.1) is 6.61 Å². The van der Waals surface area contributed by atoms with Gasteiger partial charge in [0.2, 0.25) is 0 Å². The molecular weight excluding hydrogens is 136 g/mol. The fourth-order valence-electron chi connectivity index (χ4n) is 1.47. The summed E-state index contributed by atoms with van der Waals surface area (Å²) >= 11 is 0. The van der Waals surface area contributed by atoms with Crippen LogP contribution in [0.15, 0.2) is 23.8 Å². The Bertz CT molecular complexity index is 179. The summed E-state index contributed by atoms with van der Waals surface area (Å²) in [6, 6.07) is 0. The van der Waals surface area contributed by atoms with E-state index >= 15 is 0 Å². The van der Waals surface area contributed by atoms with Crippen molar-refractivity contribution in [1.82, 2.24) is 0 Å². The van der Waals surface area contributed by atoms with Crippen molar-refractivity contribution in [3.8, 4) is 0 Å². The molecule has 0 saturated heterocycles. The Labute approximate surface area is 68.4 Å². The van der Waals surface area contributed by atoms with Gasteiger partial charge in [-0.05, 0) is 37.7 Å². The minimum absolute atomic E-state index is 0.150. The van der Waals surface area contributed by atoms with Crippen LogP contribution in [-0.2, 0) is 0 Å². The van der Waals surface area contributed by atoms with Crippen molar-refractivity contribution < 1.29 is 5.11 Å². The number of hydrogen-bond donors (Lipinski definition) is 1. The third-order valence-electron chi connectivity index (χ3n) is 2.42. The molecular formula is C10H16O. The zero-order valence-electron chi connectivity index (χ0n) is 7.14. The highest BCUT2D eigenvalue weighted by Gasteiger charge is 2.14. The highest BCUT2D eigenvalue weighted by Crippen LogP contribution is 2.27. The zero-order chi connectivity index (χ0) is 8.27. The van der Waals surface area contributed by atoms with Crippen LogP contribution in [0.25, 0.3) is 0 Å². The van der Waals surface area contributed by atoms with Crippen LogP contribution in [0, 0.1) is 5.92 Å². The van der Waals surface area contributed by atoms with Crippen molar-refractivity contribution >= 4 is 0 Å². The molecule has 1 atom stereocenters. The van der Waals surface area contributed by atoms with Crippen LogP contribution < -0.4 is 0 Å². The first-order chi connectivity index (χ1) is 5.24. The number of aliphatic hydroxyl groups excluding tert-OH is 1. The number of aliphatic hydroxyl groups is 1. The van der Waals surface area contributed by atoms with E-state index in [1.54, 1.807) is 0 Å². The van der Waals surface area contributed by atoms with Crippen LogP contribution in [0.3, 0.4) is 0 Å². The molecule has 1 aliphatic carbocycles. The first-order valence-corrected chi connectivity index (χ1v) is 4.18. The molecule has 0 amide bonds. The molecule has 0 spiro atoms. The van der Waals surface area contributed by atoms with Gasteiger partial charge in [-0.25, -0.2) is 0 Å². The Morgan fingerprint density at radius 1 is 1.82 bits per heavy atom. The molecule has 0 aliphatic heterocycles. The highest BCUT2D eigenvalue weighted by molar-refractivity contribution is 5.11.